The van der Waals surface area contributed by atoms with Crippen molar-refractivity contribution >= 4 is 21.8 Å². The molecule has 5 heteroatoms. The van der Waals surface area contributed by atoms with Crippen LogP contribution in [-0.2, 0) is 0 Å². The quantitative estimate of drug-likeness (QED) is 0.927. The molecule has 1 atom stereocenters. The van der Waals surface area contributed by atoms with Crippen LogP contribution in [0.2, 0.25) is 0 Å². The second-order valence-electron chi connectivity index (χ2n) is 4.27. The standard InChI is InChI=1S/C14H13BrFNO2/c1-8-3-6-13(19-8)9(2)17-14(18)10-4-5-12(16)11(15)7-10/h3-7,9H,1-2H3,(H,17,18). The van der Waals surface area contributed by atoms with Crippen molar-refractivity contribution in [3.63, 3.8) is 0 Å². The van der Waals surface area contributed by atoms with Crippen LogP contribution in [0.15, 0.2) is 39.2 Å². The highest BCUT2D eigenvalue weighted by atomic mass is 79.9. The van der Waals surface area contributed by atoms with E-state index in [1.807, 2.05) is 26.0 Å². The van der Waals surface area contributed by atoms with E-state index in [9.17, 15) is 9.18 Å². The topological polar surface area (TPSA) is 42.2 Å². The Kier molecular flexibility index (Phi) is 4.04. The number of halogens is 2. The molecule has 0 fully saturated rings. The second-order valence-corrected chi connectivity index (χ2v) is 5.13. The second kappa shape index (κ2) is 5.57. The van der Waals surface area contributed by atoms with Gasteiger partial charge in [-0.3, -0.25) is 4.79 Å². The highest BCUT2D eigenvalue weighted by Crippen LogP contribution is 2.19. The first-order valence-corrected chi connectivity index (χ1v) is 6.59. The Balaban J connectivity index is 2.10. The lowest BCUT2D eigenvalue weighted by Crippen LogP contribution is -2.26. The lowest BCUT2D eigenvalue weighted by molar-refractivity contribution is 0.0935. The molecular weight excluding hydrogens is 313 g/mol. The summed E-state index contributed by atoms with van der Waals surface area (Å²) in [5.41, 5.74) is 0.392. The number of rotatable bonds is 3. The molecule has 0 radical (unpaired) electrons. The monoisotopic (exact) mass is 325 g/mol. The minimum atomic E-state index is -0.397. The number of amides is 1. The van der Waals surface area contributed by atoms with E-state index in [0.29, 0.717) is 11.3 Å². The highest BCUT2D eigenvalue weighted by Gasteiger charge is 2.15. The van der Waals surface area contributed by atoms with Gasteiger partial charge in [0.2, 0.25) is 0 Å². The maximum atomic E-state index is 13.1. The molecule has 0 saturated heterocycles. The third-order valence-corrected chi connectivity index (χ3v) is 3.33. The van der Waals surface area contributed by atoms with Gasteiger partial charge >= 0.3 is 0 Å². The fourth-order valence-corrected chi connectivity index (χ4v) is 2.05. The Morgan fingerprint density at radius 1 is 1.37 bits per heavy atom. The zero-order valence-electron chi connectivity index (χ0n) is 10.5. The maximum Gasteiger partial charge on any atom is 0.251 e. The summed E-state index contributed by atoms with van der Waals surface area (Å²) in [7, 11) is 0. The average Bonchev–Trinajstić information content (AvgIpc) is 2.79. The van der Waals surface area contributed by atoms with Gasteiger partial charge < -0.3 is 9.73 Å². The minimum Gasteiger partial charge on any atom is -0.464 e. The molecule has 0 aliphatic carbocycles. The van der Waals surface area contributed by atoms with Gasteiger partial charge in [0.15, 0.2) is 0 Å². The molecule has 100 valence electrons. The van der Waals surface area contributed by atoms with E-state index in [-0.39, 0.29) is 16.4 Å². The van der Waals surface area contributed by atoms with Crippen LogP contribution in [0.25, 0.3) is 0 Å². The van der Waals surface area contributed by atoms with Crippen LogP contribution in [0.1, 0.15) is 34.8 Å². The van der Waals surface area contributed by atoms with E-state index < -0.39 is 5.82 Å². The molecule has 0 aliphatic rings. The van der Waals surface area contributed by atoms with Gasteiger partial charge in [0.05, 0.1) is 10.5 Å². The number of hydrogen-bond donors (Lipinski definition) is 1. The van der Waals surface area contributed by atoms with Crippen LogP contribution in [0.3, 0.4) is 0 Å². The number of aryl methyl sites for hydroxylation is 1. The first-order chi connectivity index (χ1) is 8.97. The fraction of sp³-hybridized carbons (Fsp3) is 0.214. The SMILES string of the molecule is Cc1ccc(C(C)NC(=O)c2ccc(F)c(Br)c2)o1. The van der Waals surface area contributed by atoms with E-state index in [0.717, 1.165) is 5.76 Å². The summed E-state index contributed by atoms with van der Waals surface area (Å²) in [4.78, 5) is 12.0. The Hall–Kier alpha value is -1.62. The predicted molar refractivity (Wildman–Crippen MR) is 73.4 cm³/mol. The molecule has 1 unspecified atom stereocenters. The van der Waals surface area contributed by atoms with Crippen LogP contribution < -0.4 is 5.32 Å². The van der Waals surface area contributed by atoms with Crippen LogP contribution >= 0.6 is 15.9 Å². The summed E-state index contributed by atoms with van der Waals surface area (Å²) < 4.78 is 18.8. The van der Waals surface area contributed by atoms with Crippen molar-refractivity contribution in [1.82, 2.24) is 5.32 Å². The van der Waals surface area contributed by atoms with Crippen molar-refractivity contribution in [1.29, 1.82) is 0 Å². The maximum absolute atomic E-state index is 13.1. The zero-order valence-corrected chi connectivity index (χ0v) is 12.1. The molecule has 0 spiro atoms. The van der Waals surface area contributed by atoms with Crippen molar-refractivity contribution in [3.05, 3.63) is 57.7 Å². The van der Waals surface area contributed by atoms with Crippen molar-refractivity contribution in [2.45, 2.75) is 19.9 Å². The summed E-state index contributed by atoms with van der Waals surface area (Å²) in [6.45, 7) is 3.67. The number of furan rings is 1. The molecule has 19 heavy (non-hydrogen) atoms. The average molecular weight is 326 g/mol. The van der Waals surface area contributed by atoms with Crippen molar-refractivity contribution in [3.8, 4) is 0 Å². The lowest BCUT2D eigenvalue weighted by Gasteiger charge is -2.11. The Labute approximate surface area is 118 Å². The third-order valence-electron chi connectivity index (χ3n) is 2.72. The normalized spacial score (nSPS) is 12.2. The molecule has 1 aromatic carbocycles. The Morgan fingerprint density at radius 3 is 2.68 bits per heavy atom. The molecule has 2 rings (SSSR count). The Morgan fingerprint density at radius 2 is 2.11 bits per heavy atom. The fourth-order valence-electron chi connectivity index (χ4n) is 1.67. The zero-order chi connectivity index (χ0) is 14.0. The number of carbonyl (C=O) groups excluding carboxylic acids is 1. The van der Waals surface area contributed by atoms with Gasteiger partial charge in [-0.15, -0.1) is 0 Å². The molecule has 3 nitrogen and oxygen atoms in total. The van der Waals surface area contributed by atoms with E-state index in [4.69, 9.17) is 4.42 Å². The summed E-state index contributed by atoms with van der Waals surface area (Å²) >= 11 is 3.06. The number of benzene rings is 1. The third kappa shape index (κ3) is 3.23. The van der Waals surface area contributed by atoms with Crippen LogP contribution in [0, 0.1) is 12.7 Å². The van der Waals surface area contributed by atoms with Gasteiger partial charge in [-0.1, -0.05) is 0 Å². The summed E-state index contributed by atoms with van der Waals surface area (Å²) in [6.07, 6.45) is 0. The number of carbonyl (C=O) groups is 1. The molecule has 2 aromatic rings. The van der Waals surface area contributed by atoms with Crippen LogP contribution in [-0.4, -0.2) is 5.91 Å². The van der Waals surface area contributed by atoms with Crippen molar-refractivity contribution in [2.24, 2.45) is 0 Å². The molecule has 1 aromatic heterocycles. The predicted octanol–water partition coefficient (Wildman–Crippen LogP) is 3.98. The van der Waals surface area contributed by atoms with Crippen LogP contribution in [0.4, 0.5) is 4.39 Å². The molecule has 0 aliphatic heterocycles. The summed E-state index contributed by atoms with van der Waals surface area (Å²) in [6, 6.07) is 7.55. The molecule has 1 heterocycles. The van der Waals surface area contributed by atoms with E-state index >= 15 is 0 Å². The van der Waals surface area contributed by atoms with Crippen LogP contribution in [0.5, 0.6) is 0 Å². The smallest absolute Gasteiger partial charge is 0.251 e. The van der Waals surface area contributed by atoms with Gasteiger partial charge in [0, 0.05) is 5.56 Å². The molecule has 0 saturated carbocycles. The first kappa shape index (κ1) is 13.8. The van der Waals surface area contributed by atoms with Crippen molar-refractivity contribution < 1.29 is 13.6 Å². The van der Waals surface area contributed by atoms with Gasteiger partial charge in [-0.25, -0.2) is 4.39 Å². The molecule has 0 bridgehead atoms. The Bertz CT molecular complexity index is 609. The van der Waals surface area contributed by atoms with Gasteiger partial charge in [0.1, 0.15) is 17.3 Å². The van der Waals surface area contributed by atoms with Gasteiger partial charge in [-0.05, 0) is 60.1 Å². The highest BCUT2D eigenvalue weighted by molar-refractivity contribution is 9.10. The lowest BCUT2D eigenvalue weighted by atomic mass is 10.2. The number of hydrogen-bond acceptors (Lipinski definition) is 2. The van der Waals surface area contributed by atoms with E-state index in [1.54, 1.807) is 0 Å². The number of nitrogens with one attached hydrogen (secondary N) is 1. The van der Waals surface area contributed by atoms with Gasteiger partial charge in [-0.2, -0.15) is 0 Å². The minimum absolute atomic E-state index is 0.245. The van der Waals surface area contributed by atoms with E-state index in [1.165, 1.54) is 18.2 Å². The molecule has 1 amide bonds. The van der Waals surface area contributed by atoms with E-state index in [2.05, 4.69) is 21.2 Å². The van der Waals surface area contributed by atoms with Gasteiger partial charge in [0.25, 0.3) is 5.91 Å². The summed E-state index contributed by atoms with van der Waals surface area (Å²) in [5, 5.41) is 2.80. The first-order valence-electron chi connectivity index (χ1n) is 5.79. The largest absolute Gasteiger partial charge is 0.464 e. The molecular formula is C14H13BrFNO2. The van der Waals surface area contributed by atoms with Crippen molar-refractivity contribution in [2.75, 3.05) is 0 Å². The molecule has 1 N–H and O–H groups in total. The summed E-state index contributed by atoms with van der Waals surface area (Å²) in [5.74, 6) is 0.807.